The van der Waals surface area contributed by atoms with Crippen LogP contribution in [0, 0.1) is 6.92 Å². The van der Waals surface area contributed by atoms with Gasteiger partial charge in [-0.3, -0.25) is 9.59 Å². The molecule has 3 rings (SSSR count). The van der Waals surface area contributed by atoms with Gasteiger partial charge in [0, 0.05) is 17.8 Å². The average Bonchev–Trinajstić information content (AvgIpc) is 2.73. The number of amides is 2. The highest BCUT2D eigenvalue weighted by Gasteiger charge is 2.07. The van der Waals surface area contributed by atoms with Crippen molar-refractivity contribution in [3.05, 3.63) is 90.0 Å². The molecule has 2 N–H and O–H groups in total. The number of rotatable bonds is 8. The highest BCUT2D eigenvalue weighted by atomic mass is 16.5. The van der Waals surface area contributed by atoms with E-state index >= 15 is 0 Å². The predicted octanol–water partition coefficient (Wildman–Crippen LogP) is 4.58. The Morgan fingerprint density at radius 1 is 0.793 bits per heavy atom. The van der Waals surface area contributed by atoms with Crippen molar-refractivity contribution in [2.45, 2.75) is 19.8 Å². The lowest BCUT2D eigenvalue weighted by Crippen LogP contribution is -2.20. The van der Waals surface area contributed by atoms with Crippen molar-refractivity contribution in [1.29, 1.82) is 0 Å². The summed E-state index contributed by atoms with van der Waals surface area (Å²) in [5, 5.41) is 5.65. The smallest absolute Gasteiger partial charge is 0.262 e. The molecule has 0 atom stereocenters. The number of hydrogen-bond donors (Lipinski definition) is 2. The first kappa shape index (κ1) is 20.1. The van der Waals surface area contributed by atoms with Crippen LogP contribution in [0.5, 0.6) is 5.75 Å². The van der Waals surface area contributed by atoms with Crippen LogP contribution in [0.25, 0.3) is 0 Å². The highest BCUT2D eigenvalue weighted by Crippen LogP contribution is 2.16. The average molecular weight is 388 g/mol. The lowest BCUT2D eigenvalue weighted by molar-refractivity contribution is -0.118. The van der Waals surface area contributed by atoms with E-state index < -0.39 is 0 Å². The van der Waals surface area contributed by atoms with Crippen LogP contribution in [-0.4, -0.2) is 18.4 Å². The maximum atomic E-state index is 12.2. The number of nitrogens with one attached hydrogen (secondary N) is 2. The molecule has 0 saturated carbocycles. The molecule has 5 heteroatoms. The summed E-state index contributed by atoms with van der Waals surface area (Å²) >= 11 is 0. The SMILES string of the molecule is Cc1ccc(OCC(=O)Nc2cccc(NC(=O)CCc3ccccc3)c2)cc1. The van der Waals surface area contributed by atoms with E-state index in [-0.39, 0.29) is 18.4 Å². The molecule has 148 valence electrons. The molecule has 2 amide bonds. The predicted molar refractivity (Wildman–Crippen MR) is 115 cm³/mol. The van der Waals surface area contributed by atoms with Crippen LogP contribution in [0.2, 0.25) is 0 Å². The van der Waals surface area contributed by atoms with Crippen molar-refractivity contribution in [2.75, 3.05) is 17.2 Å². The first-order valence-electron chi connectivity index (χ1n) is 9.52. The Morgan fingerprint density at radius 3 is 2.14 bits per heavy atom. The van der Waals surface area contributed by atoms with E-state index in [1.54, 1.807) is 24.3 Å². The van der Waals surface area contributed by atoms with Gasteiger partial charge in [-0.25, -0.2) is 0 Å². The molecular weight excluding hydrogens is 364 g/mol. The zero-order valence-electron chi connectivity index (χ0n) is 16.4. The molecule has 0 aromatic heterocycles. The minimum Gasteiger partial charge on any atom is -0.484 e. The second-order valence-electron chi connectivity index (χ2n) is 6.76. The van der Waals surface area contributed by atoms with E-state index in [0.29, 0.717) is 30.0 Å². The monoisotopic (exact) mass is 388 g/mol. The molecule has 0 bridgehead atoms. The van der Waals surface area contributed by atoms with Gasteiger partial charge in [0.05, 0.1) is 0 Å². The lowest BCUT2D eigenvalue weighted by atomic mass is 10.1. The molecule has 29 heavy (non-hydrogen) atoms. The molecule has 0 radical (unpaired) electrons. The summed E-state index contributed by atoms with van der Waals surface area (Å²) in [7, 11) is 0. The third-order valence-corrected chi connectivity index (χ3v) is 4.30. The van der Waals surface area contributed by atoms with Crippen LogP contribution in [0.4, 0.5) is 11.4 Å². The minimum absolute atomic E-state index is 0.0694. The van der Waals surface area contributed by atoms with Gasteiger partial charge in [0.1, 0.15) is 5.75 Å². The highest BCUT2D eigenvalue weighted by molar-refractivity contribution is 5.94. The summed E-state index contributed by atoms with van der Waals surface area (Å²) in [6, 6.07) is 24.5. The van der Waals surface area contributed by atoms with Crippen molar-refractivity contribution in [3.8, 4) is 5.75 Å². The van der Waals surface area contributed by atoms with Crippen LogP contribution >= 0.6 is 0 Å². The van der Waals surface area contributed by atoms with Crippen LogP contribution in [0.15, 0.2) is 78.9 Å². The molecule has 0 aliphatic heterocycles. The van der Waals surface area contributed by atoms with E-state index in [9.17, 15) is 9.59 Å². The number of aryl methyl sites for hydroxylation is 2. The van der Waals surface area contributed by atoms with Gasteiger partial charge in [-0.2, -0.15) is 0 Å². The van der Waals surface area contributed by atoms with Crippen LogP contribution in [0.1, 0.15) is 17.5 Å². The Bertz CT molecular complexity index is 953. The lowest BCUT2D eigenvalue weighted by Gasteiger charge is -2.10. The number of carbonyl (C=O) groups excluding carboxylic acids is 2. The molecule has 3 aromatic rings. The second kappa shape index (κ2) is 10.1. The summed E-state index contributed by atoms with van der Waals surface area (Å²) in [4.78, 5) is 24.3. The largest absolute Gasteiger partial charge is 0.484 e. The van der Waals surface area contributed by atoms with Crippen molar-refractivity contribution >= 4 is 23.2 Å². The zero-order valence-corrected chi connectivity index (χ0v) is 16.4. The van der Waals surface area contributed by atoms with Gasteiger partial charge in [-0.05, 0) is 49.2 Å². The van der Waals surface area contributed by atoms with Crippen LogP contribution in [0.3, 0.4) is 0 Å². The molecule has 0 spiro atoms. The van der Waals surface area contributed by atoms with Crippen molar-refractivity contribution in [3.63, 3.8) is 0 Å². The summed E-state index contributed by atoms with van der Waals surface area (Å²) in [5.41, 5.74) is 3.49. The minimum atomic E-state index is -0.266. The Hall–Kier alpha value is -3.60. The number of hydrogen-bond acceptors (Lipinski definition) is 3. The number of carbonyl (C=O) groups is 2. The first-order chi connectivity index (χ1) is 14.1. The topological polar surface area (TPSA) is 67.4 Å². The molecule has 0 aliphatic carbocycles. The Morgan fingerprint density at radius 2 is 1.45 bits per heavy atom. The Kier molecular flexibility index (Phi) is 7.00. The quantitative estimate of drug-likeness (QED) is 0.593. The molecule has 0 aliphatic rings. The maximum Gasteiger partial charge on any atom is 0.262 e. The van der Waals surface area contributed by atoms with Crippen LogP contribution < -0.4 is 15.4 Å². The molecule has 0 unspecified atom stereocenters. The van der Waals surface area contributed by atoms with Gasteiger partial charge >= 0.3 is 0 Å². The fourth-order valence-corrected chi connectivity index (χ4v) is 2.78. The third kappa shape index (κ3) is 6.81. The van der Waals surface area contributed by atoms with E-state index in [2.05, 4.69) is 10.6 Å². The Balaban J connectivity index is 1.47. The summed E-state index contributed by atoms with van der Waals surface area (Å²) in [6.45, 7) is 1.90. The van der Waals surface area contributed by atoms with Gasteiger partial charge in [0.15, 0.2) is 6.61 Å². The second-order valence-corrected chi connectivity index (χ2v) is 6.76. The van der Waals surface area contributed by atoms with E-state index in [4.69, 9.17) is 4.74 Å². The number of benzene rings is 3. The fourth-order valence-electron chi connectivity index (χ4n) is 2.78. The van der Waals surface area contributed by atoms with Gasteiger partial charge in [0.2, 0.25) is 5.91 Å². The van der Waals surface area contributed by atoms with E-state index in [0.717, 1.165) is 11.1 Å². The van der Waals surface area contributed by atoms with Crippen molar-refractivity contribution in [2.24, 2.45) is 0 Å². The summed E-state index contributed by atoms with van der Waals surface area (Å²) in [5.74, 6) is 0.309. The van der Waals surface area contributed by atoms with E-state index in [1.807, 2.05) is 61.5 Å². The number of anilines is 2. The van der Waals surface area contributed by atoms with Gasteiger partial charge < -0.3 is 15.4 Å². The van der Waals surface area contributed by atoms with Crippen molar-refractivity contribution in [1.82, 2.24) is 0 Å². The van der Waals surface area contributed by atoms with Crippen LogP contribution in [-0.2, 0) is 16.0 Å². The molecule has 0 heterocycles. The molecule has 0 saturated heterocycles. The molecular formula is C24H24N2O3. The normalized spacial score (nSPS) is 10.2. The summed E-state index contributed by atoms with van der Waals surface area (Å²) in [6.07, 6.45) is 1.07. The zero-order chi connectivity index (χ0) is 20.5. The molecule has 3 aromatic carbocycles. The molecule has 0 fully saturated rings. The maximum absolute atomic E-state index is 12.2. The van der Waals surface area contributed by atoms with Gasteiger partial charge in [0.25, 0.3) is 5.91 Å². The Labute approximate surface area is 170 Å². The molecule has 5 nitrogen and oxygen atoms in total. The standard InChI is InChI=1S/C24H24N2O3/c1-18-10-13-22(14-11-18)29-17-24(28)26-21-9-5-8-20(16-21)25-23(27)15-12-19-6-3-2-4-7-19/h2-11,13-14,16H,12,15,17H2,1H3,(H,25,27)(H,26,28). The van der Waals surface area contributed by atoms with E-state index in [1.165, 1.54) is 0 Å². The first-order valence-corrected chi connectivity index (χ1v) is 9.52. The fraction of sp³-hybridized carbons (Fsp3) is 0.167. The number of ether oxygens (including phenoxy) is 1. The van der Waals surface area contributed by atoms with Crippen molar-refractivity contribution < 1.29 is 14.3 Å². The van der Waals surface area contributed by atoms with Gasteiger partial charge in [-0.1, -0.05) is 54.1 Å². The summed E-state index contributed by atoms with van der Waals surface area (Å²) < 4.78 is 5.48. The third-order valence-electron chi connectivity index (χ3n) is 4.30. The van der Waals surface area contributed by atoms with Gasteiger partial charge in [-0.15, -0.1) is 0 Å².